The third kappa shape index (κ3) is 7.14. The normalized spacial score (nSPS) is 15.8. The van der Waals surface area contributed by atoms with E-state index in [1.807, 2.05) is 18.2 Å². The van der Waals surface area contributed by atoms with Crippen LogP contribution in [0.1, 0.15) is 62.1 Å². The van der Waals surface area contributed by atoms with E-state index in [1.54, 1.807) is 18.2 Å². The van der Waals surface area contributed by atoms with Gasteiger partial charge in [0.15, 0.2) is 11.5 Å². The molecule has 0 unspecified atom stereocenters. The Labute approximate surface area is 193 Å². The van der Waals surface area contributed by atoms with Crippen molar-refractivity contribution in [3.63, 3.8) is 0 Å². The fourth-order valence-electron chi connectivity index (χ4n) is 4.82. The topological polar surface area (TPSA) is 76.0 Å². The van der Waals surface area contributed by atoms with Crippen LogP contribution in [0, 0.1) is 0 Å². The van der Waals surface area contributed by atoms with Crippen molar-refractivity contribution in [1.82, 2.24) is 10.2 Å². The Kier molecular flexibility index (Phi) is 9.69. The summed E-state index contributed by atoms with van der Waals surface area (Å²) in [6.45, 7) is 6.56. The van der Waals surface area contributed by atoms with Crippen LogP contribution in [0.15, 0.2) is 36.4 Å². The fourth-order valence-corrected chi connectivity index (χ4v) is 4.82. The van der Waals surface area contributed by atoms with Gasteiger partial charge < -0.3 is 25.5 Å². The molecule has 0 heterocycles. The van der Waals surface area contributed by atoms with E-state index in [0.29, 0.717) is 11.8 Å². The van der Waals surface area contributed by atoms with Gasteiger partial charge in [-0.15, -0.1) is 0 Å². The van der Waals surface area contributed by atoms with Crippen LogP contribution in [0.2, 0.25) is 0 Å². The maximum Gasteiger partial charge on any atom is 0.160 e. The number of unbranched alkanes of at least 4 members (excludes halogenated alkanes) is 3. The lowest BCUT2D eigenvalue weighted by molar-refractivity contribution is 0.175. The van der Waals surface area contributed by atoms with E-state index in [4.69, 9.17) is 0 Å². The highest BCUT2D eigenvalue weighted by Gasteiger charge is 2.26. The van der Waals surface area contributed by atoms with Crippen LogP contribution in [-0.2, 0) is 19.3 Å². The predicted molar refractivity (Wildman–Crippen MR) is 131 cm³/mol. The summed E-state index contributed by atoms with van der Waals surface area (Å²) in [6, 6.07) is 11.6. The summed E-state index contributed by atoms with van der Waals surface area (Å²) in [4.78, 5) is 2.64. The third-order valence-electron chi connectivity index (χ3n) is 6.64. The van der Waals surface area contributed by atoms with Crippen molar-refractivity contribution in [3.8, 4) is 17.2 Å². The number of nitrogens with one attached hydrogen (secondary N) is 1. The molecule has 0 spiro atoms. The molecule has 0 bridgehead atoms. The Hall–Kier alpha value is -2.24. The average molecular weight is 441 g/mol. The number of nitrogens with zero attached hydrogens (tertiary/aromatic N) is 1. The second kappa shape index (κ2) is 12.7. The van der Waals surface area contributed by atoms with Crippen LogP contribution in [0.3, 0.4) is 0 Å². The van der Waals surface area contributed by atoms with E-state index >= 15 is 0 Å². The Bertz CT molecular complexity index is 822. The molecule has 0 aromatic heterocycles. The second-order valence-corrected chi connectivity index (χ2v) is 9.08. The van der Waals surface area contributed by atoms with Crippen molar-refractivity contribution in [3.05, 3.63) is 53.1 Å². The largest absolute Gasteiger partial charge is 0.508 e. The summed E-state index contributed by atoms with van der Waals surface area (Å²) in [5.41, 5.74) is 3.38. The third-order valence-corrected chi connectivity index (χ3v) is 6.64. The molecule has 32 heavy (non-hydrogen) atoms. The van der Waals surface area contributed by atoms with Gasteiger partial charge in [0.25, 0.3) is 0 Å². The first-order chi connectivity index (χ1) is 15.6. The van der Waals surface area contributed by atoms with Crippen molar-refractivity contribution < 1.29 is 15.3 Å². The molecule has 0 saturated heterocycles. The lowest BCUT2D eigenvalue weighted by Gasteiger charge is -2.35. The molecule has 4 N–H and O–H groups in total. The van der Waals surface area contributed by atoms with E-state index in [0.717, 1.165) is 63.8 Å². The number of fused-ring (bicyclic) bond motifs is 1. The van der Waals surface area contributed by atoms with Gasteiger partial charge >= 0.3 is 0 Å². The van der Waals surface area contributed by atoms with Gasteiger partial charge in [0.05, 0.1) is 0 Å². The van der Waals surface area contributed by atoms with Gasteiger partial charge in [0, 0.05) is 11.6 Å². The van der Waals surface area contributed by atoms with Crippen LogP contribution < -0.4 is 5.32 Å². The maximum atomic E-state index is 10.1. The molecule has 0 aliphatic heterocycles. The van der Waals surface area contributed by atoms with Gasteiger partial charge in [-0.1, -0.05) is 38.0 Å². The first kappa shape index (κ1) is 24.4. The van der Waals surface area contributed by atoms with Crippen molar-refractivity contribution >= 4 is 0 Å². The number of rotatable bonds is 13. The van der Waals surface area contributed by atoms with Gasteiger partial charge in [-0.05, 0) is 100 Å². The molecule has 2 aromatic rings. The first-order valence-electron chi connectivity index (χ1n) is 12.3. The molecule has 0 radical (unpaired) electrons. The summed E-state index contributed by atoms with van der Waals surface area (Å²) in [7, 11) is 0. The predicted octanol–water partition coefficient (Wildman–Crippen LogP) is 4.77. The molecule has 1 aliphatic carbocycles. The molecule has 1 atom stereocenters. The minimum atomic E-state index is 0.00228. The monoisotopic (exact) mass is 440 g/mol. The van der Waals surface area contributed by atoms with Crippen LogP contribution in [0.25, 0.3) is 0 Å². The number of benzene rings is 2. The van der Waals surface area contributed by atoms with E-state index in [9.17, 15) is 15.3 Å². The van der Waals surface area contributed by atoms with E-state index < -0.39 is 0 Å². The molecule has 0 saturated carbocycles. The number of hydrogen-bond acceptors (Lipinski definition) is 5. The highest BCUT2D eigenvalue weighted by molar-refractivity contribution is 5.50. The van der Waals surface area contributed by atoms with Crippen molar-refractivity contribution in [2.45, 2.75) is 70.8 Å². The molecular weight excluding hydrogens is 400 g/mol. The second-order valence-electron chi connectivity index (χ2n) is 9.08. The zero-order chi connectivity index (χ0) is 22.8. The van der Waals surface area contributed by atoms with E-state index in [1.165, 1.54) is 36.8 Å². The van der Waals surface area contributed by atoms with Gasteiger partial charge in [-0.3, -0.25) is 0 Å². The highest BCUT2D eigenvalue weighted by atomic mass is 16.3. The minimum absolute atomic E-state index is 0.00228. The SMILES string of the molecule is CCCN(CCCCCCNCCc1ccc(O)cc1)[C@H]1CCc2c(ccc(O)c2O)C1. The summed E-state index contributed by atoms with van der Waals surface area (Å²) < 4.78 is 0. The Balaban J connectivity index is 1.30. The summed E-state index contributed by atoms with van der Waals surface area (Å²) in [5.74, 6) is 0.411. The van der Waals surface area contributed by atoms with Crippen LogP contribution in [-0.4, -0.2) is 52.4 Å². The zero-order valence-electron chi connectivity index (χ0n) is 19.5. The summed E-state index contributed by atoms with van der Waals surface area (Å²) in [5, 5.41) is 32.8. The molecule has 3 rings (SSSR count). The molecule has 2 aromatic carbocycles. The number of aromatic hydroxyl groups is 3. The lowest BCUT2D eigenvalue weighted by atomic mass is 9.86. The van der Waals surface area contributed by atoms with Crippen LogP contribution in [0.5, 0.6) is 17.2 Å². The molecule has 5 heteroatoms. The highest BCUT2D eigenvalue weighted by Crippen LogP contribution is 2.36. The Morgan fingerprint density at radius 2 is 1.69 bits per heavy atom. The average Bonchev–Trinajstić information content (AvgIpc) is 2.80. The standard InChI is InChI=1S/C27H40N2O3/c1-2-18-29(23-10-13-25-22(20-23)9-14-26(31)27(25)32)19-6-4-3-5-16-28-17-15-21-7-11-24(30)12-8-21/h7-9,11-12,14,23,28,30-32H,2-6,10,13,15-20H2,1H3/t23-/m0/s1. The Morgan fingerprint density at radius 1 is 0.906 bits per heavy atom. The van der Waals surface area contributed by atoms with Gasteiger partial charge in [0.1, 0.15) is 5.75 Å². The minimum Gasteiger partial charge on any atom is -0.508 e. The van der Waals surface area contributed by atoms with Crippen molar-refractivity contribution in [1.29, 1.82) is 0 Å². The summed E-state index contributed by atoms with van der Waals surface area (Å²) in [6.07, 6.45) is 9.98. The smallest absolute Gasteiger partial charge is 0.160 e. The Morgan fingerprint density at radius 3 is 2.47 bits per heavy atom. The molecular formula is C27H40N2O3. The summed E-state index contributed by atoms with van der Waals surface area (Å²) >= 11 is 0. The molecule has 1 aliphatic rings. The molecule has 0 amide bonds. The molecule has 176 valence electrons. The molecule has 5 nitrogen and oxygen atoms in total. The van der Waals surface area contributed by atoms with Crippen LogP contribution in [0.4, 0.5) is 0 Å². The van der Waals surface area contributed by atoms with Crippen molar-refractivity contribution in [2.75, 3.05) is 26.2 Å². The van der Waals surface area contributed by atoms with Gasteiger partial charge in [0.2, 0.25) is 0 Å². The number of hydrogen-bond donors (Lipinski definition) is 4. The van der Waals surface area contributed by atoms with E-state index in [2.05, 4.69) is 17.1 Å². The van der Waals surface area contributed by atoms with Gasteiger partial charge in [-0.25, -0.2) is 0 Å². The zero-order valence-corrected chi connectivity index (χ0v) is 19.5. The maximum absolute atomic E-state index is 10.1. The quantitative estimate of drug-likeness (QED) is 0.267. The van der Waals surface area contributed by atoms with Gasteiger partial charge in [-0.2, -0.15) is 0 Å². The lowest BCUT2D eigenvalue weighted by Crippen LogP contribution is -2.40. The first-order valence-corrected chi connectivity index (χ1v) is 12.3. The van der Waals surface area contributed by atoms with Crippen LogP contribution >= 0.6 is 0 Å². The number of phenolic OH excluding ortho intramolecular Hbond substituents is 3. The number of phenols is 3. The fraction of sp³-hybridized carbons (Fsp3) is 0.556. The van der Waals surface area contributed by atoms with Crippen molar-refractivity contribution in [2.24, 2.45) is 0 Å². The van der Waals surface area contributed by atoms with E-state index in [-0.39, 0.29) is 11.5 Å². The molecule has 0 fully saturated rings.